The van der Waals surface area contributed by atoms with Crippen molar-refractivity contribution in [2.75, 3.05) is 13.2 Å². The van der Waals surface area contributed by atoms with E-state index in [0.717, 1.165) is 43.9 Å². The zero-order chi connectivity index (χ0) is 21.9. The van der Waals surface area contributed by atoms with Gasteiger partial charge in [0.1, 0.15) is 5.58 Å². The van der Waals surface area contributed by atoms with Gasteiger partial charge in [0, 0.05) is 30.3 Å². The van der Waals surface area contributed by atoms with Crippen LogP contribution in [0.25, 0.3) is 22.2 Å². The van der Waals surface area contributed by atoms with Crippen molar-refractivity contribution >= 4 is 16.9 Å². The number of carbonyl (C=O) groups is 1. The van der Waals surface area contributed by atoms with Crippen LogP contribution in [0.1, 0.15) is 51.9 Å². The SMILES string of the molecule is CCC(=O)OCCCCCCCCOc1cc2oc(=O)c(-c3ccccn3)cc2cn1. The maximum absolute atomic E-state index is 12.3. The maximum Gasteiger partial charge on any atom is 0.345 e. The molecule has 31 heavy (non-hydrogen) atoms. The van der Waals surface area contributed by atoms with Crippen LogP contribution < -0.4 is 10.4 Å². The van der Waals surface area contributed by atoms with E-state index in [9.17, 15) is 9.59 Å². The number of esters is 1. The molecule has 0 aliphatic carbocycles. The highest BCUT2D eigenvalue weighted by molar-refractivity contribution is 5.80. The van der Waals surface area contributed by atoms with Crippen LogP contribution in [0.15, 0.2) is 51.9 Å². The van der Waals surface area contributed by atoms with Gasteiger partial charge in [0.25, 0.3) is 0 Å². The number of hydrogen-bond acceptors (Lipinski definition) is 7. The minimum atomic E-state index is -0.437. The summed E-state index contributed by atoms with van der Waals surface area (Å²) in [6, 6.07) is 8.78. The van der Waals surface area contributed by atoms with Gasteiger partial charge >= 0.3 is 11.6 Å². The molecule has 0 bridgehead atoms. The Morgan fingerprint density at radius 2 is 1.77 bits per heavy atom. The molecule has 0 N–H and O–H groups in total. The van der Waals surface area contributed by atoms with Gasteiger partial charge in [-0.2, -0.15) is 0 Å². The smallest absolute Gasteiger partial charge is 0.345 e. The molecule has 0 spiro atoms. The molecule has 7 nitrogen and oxygen atoms in total. The number of hydrogen-bond donors (Lipinski definition) is 0. The maximum atomic E-state index is 12.3. The molecule has 3 heterocycles. The number of aromatic nitrogens is 2. The largest absolute Gasteiger partial charge is 0.478 e. The molecule has 0 radical (unpaired) electrons. The number of ether oxygens (including phenoxy) is 2. The van der Waals surface area contributed by atoms with Crippen molar-refractivity contribution in [2.24, 2.45) is 0 Å². The second kappa shape index (κ2) is 11.8. The summed E-state index contributed by atoms with van der Waals surface area (Å²) in [6.45, 7) is 2.87. The molecule has 3 aromatic rings. The summed E-state index contributed by atoms with van der Waals surface area (Å²) in [5.41, 5.74) is 0.985. The predicted octanol–water partition coefficient (Wildman–Crippen LogP) is 4.92. The Labute approximate surface area is 181 Å². The van der Waals surface area contributed by atoms with E-state index in [-0.39, 0.29) is 5.97 Å². The molecule has 164 valence electrons. The Morgan fingerprint density at radius 3 is 2.52 bits per heavy atom. The summed E-state index contributed by atoms with van der Waals surface area (Å²) < 4.78 is 16.2. The highest BCUT2D eigenvalue weighted by atomic mass is 16.5. The molecule has 0 fully saturated rings. The van der Waals surface area contributed by atoms with Crippen LogP contribution in [0.5, 0.6) is 5.88 Å². The van der Waals surface area contributed by atoms with Gasteiger partial charge in [-0.05, 0) is 31.0 Å². The van der Waals surface area contributed by atoms with E-state index >= 15 is 0 Å². The van der Waals surface area contributed by atoms with Crippen LogP contribution in [0.3, 0.4) is 0 Å². The summed E-state index contributed by atoms with van der Waals surface area (Å²) in [5.74, 6) is 0.311. The number of rotatable bonds is 12. The van der Waals surface area contributed by atoms with Crippen molar-refractivity contribution in [3.05, 3.63) is 53.1 Å². The van der Waals surface area contributed by atoms with Crippen molar-refractivity contribution in [1.29, 1.82) is 0 Å². The van der Waals surface area contributed by atoms with Gasteiger partial charge in [0.05, 0.1) is 24.5 Å². The van der Waals surface area contributed by atoms with E-state index in [1.54, 1.807) is 43.6 Å². The zero-order valence-electron chi connectivity index (χ0n) is 17.8. The molecule has 0 saturated heterocycles. The third-order valence-electron chi connectivity index (χ3n) is 4.87. The Hall–Kier alpha value is -3.22. The van der Waals surface area contributed by atoms with E-state index in [1.807, 2.05) is 6.07 Å². The van der Waals surface area contributed by atoms with Gasteiger partial charge < -0.3 is 13.9 Å². The van der Waals surface area contributed by atoms with Gasteiger partial charge in [0.15, 0.2) is 0 Å². The van der Waals surface area contributed by atoms with Gasteiger partial charge in [0.2, 0.25) is 5.88 Å². The van der Waals surface area contributed by atoms with E-state index in [4.69, 9.17) is 13.9 Å². The molecule has 3 rings (SSSR count). The second-order valence-electron chi connectivity index (χ2n) is 7.27. The van der Waals surface area contributed by atoms with Crippen molar-refractivity contribution in [1.82, 2.24) is 9.97 Å². The predicted molar refractivity (Wildman–Crippen MR) is 118 cm³/mol. The van der Waals surface area contributed by atoms with Crippen LogP contribution in [0.2, 0.25) is 0 Å². The van der Waals surface area contributed by atoms with Crippen LogP contribution in [-0.4, -0.2) is 29.2 Å². The lowest BCUT2D eigenvalue weighted by molar-refractivity contribution is -0.143. The highest BCUT2D eigenvalue weighted by Crippen LogP contribution is 2.21. The third-order valence-corrected chi connectivity index (χ3v) is 4.87. The van der Waals surface area contributed by atoms with Gasteiger partial charge in [-0.3, -0.25) is 9.78 Å². The standard InChI is InChI=1S/C24H28N2O5/c1-2-23(27)30-14-10-6-4-3-5-9-13-29-22-16-21-18(17-26-22)15-19(24(28)31-21)20-11-7-8-12-25-20/h7-8,11-12,15-17H,2-6,9-10,13-14H2,1H3. The highest BCUT2D eigenvalue weighted by Gasteiger charge is 2.10. The van der Waals surface area contributed by atoms with Crippen molar-refractivity contribution < 1.29 is 18.7 Å². The molecular weight excluding hydrogens is 396 g/mol. The first-order chi connectivity index (χ1) is 15.2. The van der Waals surface area contributed by atoms with Crippen LogP contribution in [0.4, 0.5) is 0 Å². The zero-order valence-corrected chi connectivity index (χ0v) is 17.8. The number of pyridine rings is 2. The lowest BCUT2D eigenvalue weighted by atomic mass is 10.1. The quantitative estimate of drug-likeness (QED) is 0.301. The first-order valence-corrected chi connectivity index (χ1v) is 10.8. The summed E-state index contributed by atoms with van der Waals surface area (Å²) in [6.07, 6.45) is 9.90. The third kappa shape index (κ3) is 6.91. The summed E-state index contributed by atoms with van der Waals surface area (Å²) in [7, 11) is 0. The Balaban J connectivity index is 1.40. The van der Waals surface area contributed by atoms with Crippen molar-refractivity contribution in [3.8, 4) is 17.1 Å². The molecular formula is C24H28N2O5. The number of nitrogens with zero attached hydrogens (tertiary/aromatic N) is 2. The lowest BCUT2D eigenvalue weighted by Crippen LogP contribution is -2.04. The Bertz CT molecular complexity index is 1030. The second-order valence-corrected chi connectivity index (χ2v) is 7.27. The molecule has 0 atom stereocenters. The normalized spacial score (nSPS) is 10.9. The number of fused-ring (bicyclic) bond motifs is 1. The van der Waals surface area contributed by atoms with Crippen LogP contribution in [-0.2, 0) is 9.53 Å². The fraction of sp³-hybridized carbons (Fsp3) is 0.417. The van der Waals surface area contributed by atoms with Crippen LogP contribution in [0, 0.1) is 0 Å². The van der Waals surface area contributed by atoms with Gasteiger partial charge in [-0.15, -0.1) is 0 Å². The van der Waals surface area contributed by atoms with Gasteiger partial charge in [-0.25, -0.2) is 9.78 Å². The van der Waals surface area contributed by atoms with Crippen LogP contribution >= 0.6 is 0 Å². The fourth-order valence-electron chi connectivity index (χ4n) is 3.15. The van der Waals surface area contributed by atoms with E-state index in [1.165, 1.54) is 0 Å². The summed E-state index contributed by atoms with van der Waals surface area (Å²) >= 11 is 0. The van der Waals surface area contributed by atoms with Crippen molar-refractivity contribution in [3.63, 3.8) is 0 Å². The molecule has 0 aliphatic heterocycles. The molecule has 3 aromatic heterocycles. The minimum absolute atomic E-state index is 0.132. The Morgan fingerprint density at radius 1 is 1.00 bits per heavy atom. The first kappa shape index (κ1) is 22.5. The summed E-state index contributed by atoms with van der Waals surface area (Å²) in [5, 5.41) is 0.720. The monoisotopic (exact) mass is 424 g/mol. The number of unbranched alkanes of at least 4 members (excludes halogenated alkanes) is 5. The average molecular weight is 424 g/mol. The summed E-state index contributed by atoms with van der Waals surface area (Å²) in [4.78, 5) is 31.9. The molecule has 0 aliphatic rings. The lowest BCUT2D eigenvalue weighted by Gasteiger charge is -2.07. The topological polar surface area (TPSA) is 91.5 Å². The van der Waals surface area contributed by atoms with Gasteiger partial charge in [-0.1, -0.05) is 38.7 Å². The molecule has 0 saturated carbocycles. The minimum Gasteiger partial charge on any atom is -0.478 e. The van der Waals surface area contributed by atoms with Crippen molar-refractivity contribution in [2.45, 2.75) is 51.9 Å². The fourth-order valence-corrected chi connectivity index (χ4v) is 3.15. The number of carbonyl (C=O) groups excluding carboxylic acids is 1. The first-order valence-electron chi connectivity index (χ1n) is 10.8. The molecule has 0 amide bonds. The molecule has 0 aromatic carbocycles. The van der Waals surface area contributed by atoms with E-state index in [0.29, 0.717) is 42.4 Å². The average Bonchev–Trinajstić information content (AvgIpc) is 2.80. The van der Waals surface area contributed by atoms with E-state index < -0.39 is 5.63 Å². The molecule has 0 unspecified atom stereocenters. The molecule has 7 heteroatoms. The van der Waals surface area contributed by atoms with E-state index in [2.05, 4.69) is 9.97 Å². The Kier molecular flexibility index (Phi) is 8.58.